The second kappa shape index (κ2) is 9.23. The van der Waals surface area contributed by atoms with Gasteiger partial charge >= 0.3 is 0 Å². The van der Waals surface area contributed by atoms with E-state index in [2.05, 4.69) is 24.4 Å². The van der Waals surface area contributed by atoms with Crippen molar-refractivity contribution in [2.45, 2.75) is 19.9 Å². The highest BCUT2D eigenvalue weighted by Gasteiger charge is 2.13. The van der Waals surface area contributed by atoms with E-state index in [1.165, 1.54) is 5.56 Å². The molecular formula is C24H23N5O2. The standard InChI is InChI=1S/C24H23N5O2/c1-2-17-8-14-21(15-9-17)29-22(26-23(27-29)18-6-4-3-5-7-18)16-25-20-12-10-19(11-13-20)24(30)28-31/h3-15,25,31H,2,16H2,1H3,(H,28,30). The summed E-state index contributed by atoms with van der Waals surface area (Å²) in [5.74, 6) is 0.876. The maximum Gasteiger partial charge on any atom is 0.274 e. The summed E-state index contributed by atoms with van der Waals surface area (Å²) in [5.41, 5.74) is 5.99. The number of amides is 1. The minimum absolute atomic E-state index is 0.374. The number of anilines is 1. The number of aromatic nitrogens is 3. The summed E-state index contributed by atoms with van der Waals surface area (Å²) in [7, 11) is 0. The second-order valence-corrected chi connectivity index (χ2v) is 7.02. The average molecular weight is 413 g/mol. The topological polar surface area (TPSA) is 92.1 Å². The Hall–Kier alpha value is -3.97. The molecule has 1 amide bonds. The van der Waals surface area contributed by atoms with Crippen LogP contribution in [0.3, 0.4) is 0 Å². The van der Waals surface area contributed by atoms with Gasteiger partial charge in [0.1, 0.15) is 0 Å². The van der Waals surface area contributed by atoms with Crippen molar-refractivity contribution < 1.29 is 10.0 Å². The molecule has 1 aromatic heterocycles. The smallest absolute Gasteiger partial charge is 0.274 e. The Morgan fingerprint density at radius 2 is 1.68 bits per heavy atom. The first-order valence-corrected chi connectivity index (χ1v) is 10.1. The van der Waals surface area contributed by atoms with E-state index >= 15 is 0 Å². The van der Waals surface area contributed by atoms with E-state index in [4.69, 9.17) is 15.3 Å². The van der Waals surface area contributed by atoms with Crippen LogP contribution in [0.1, 0.15) is 28.7 Å². The highest BCUT2D eigenvalue weighted by Crippen LogP contribution is 2.20. The number of carbonyl (C=O) groups excluding carboxylic acids is 1. The number of rotatable bonds is 7. The number of aryl methyl sites for hydroxylation is 1. The number of carbonyl (C=O) groups is 1. The second-order valence-electron chi connectivity index (χ2n) is 7.02. The number of nitrogens with one attached hydrogen (secondary N) is 2. The molecule has 0 fully saturated rings. The van der Waals surface area contributed by atoms with Crippen molar-refractivity contribution in [3.05, 3.63) is 95.8 Å². The summed E-state index contributed by atoms with van der Waals surface area (Å²) in [6.07, 6.45) is 0.978. The van der Waals surface area contributed by atoms with Gasteiger partial charge in [-0.15, -0.1) is 5.10 Å². The molecule has 0 saturated heterocycles. The fraction of sp³-hybridized carbons (Fsp3) is 0.125. The van der Waals surface area contributed by atoms with Crippen LogP contribution < -0.4 is 10.8 Å². The lowest BCUT2D eigenvalue weighted by Crippen LogP contribution is -2.18. The van der Waals surface area contributed by atoms with Crippen LogP contribution in [0.5, 0.6) is 0 Å². The highest BCUT2D eigenvalue weighted by atomic mass is 16.5. The summed E-state index contributed by atoms with van der Waals surface area (Å²) in [5, 5.41) is 16.8. The van der Waals surface area contributed by atoms with E-state index in [-0.39, 0.29) is 0 Å². The summed E-state index contributed by atoms with van der Waals surface area (Å²) in [4.78, 5) is 16.3. The molecule has 4 rings (SSSR count). The minimum atomic E-state index is -0.547. The first-order chi connectivity index (χ1) is 15.2. The Bertz CT molecular complexity index is 1150. The van der Waals surface area contributed by atoms with Gasteiger partial charge in [0.15, 0.2) is 11.6 Å². The van der Waals surface area contributed by atoms with Gasteiger partial charge in [-0.2, -0.15) is 0 Å². The predicted octanol–water partition coefficient (Wildman–Crippen LogP) is 4.23. The Morgan fingerprint density at radius 3 is 2.32 bits per heavy atom. The first kappa shape index (κ1) is 20.3. The van der Waals surface area contributed by atoms with Crippen LogP contribution in [0.25, 0.3) is 17.1 Å². The summed E-state index contributed by atoms with van der Waals surface area (Å²) >= 11 is 0. The van der Waals surface area contributed by atoms with Gasteiger partial charge in [-0.25, -0.2) is 15.1 Å². The van der Waals surface area contributed by atoms with Crippen LogP contribution in [-0.2, 0) is 13.0 Å². The SMILES string of the molecule is CCc1ccc(-n2nc(-c3ccccc3)nc2CNc2ccc(C(=O)NO)cc2)cc1. The molecule has 0 aliphatic carbocycles. The molecule has 0 aliphatic heterocycles. The largest absolute Gasteiger partial charge is 0.378 e. The van der Waals surface area contributed by atoms with Crippen LogP contribution in [0.2, 0.25) is 0 Å². The third-order valence-electron chi connectivity index (χ3n) is 4.99. The fourth-order valence-electron chi connectivity index (χ4n) is 3.23. The Balaban J connectivity index is 1.61. The van der Waals surface area contributed by atoms with Gasteiger partial charge in [0.2, 0.25) is 0 Å². The lowest BCUT2D eigenvalue weighted by Gasteiger charge is -2.09. The average Bonchev–Trinajstić information content (AvgIpc) is 3.27. The van der Waals surface area contributed by atoms with Crippen LogP contribution in [0, 0.1) is 0 Å². The van der Waals surface area contributed by atoms with Crippen LogP contribution in [-0.4, -0.2) is 25.9 Å². The van der Waals surface area contributed by atoms with Crippen molar-refractivity contribution in [2.75, 3.05) is 5.32 Å². The van der Waals surface area contributed by atoms with Gasteiger partial charge in [-0.3, -0.25) is 10.0 Å². The molecule has 0 radical (unpaired) electrons. The highest BCUT2D eigenvalue weighted by molar-refractivity contribution is 5.93. The van der Waals surface area contributed by atoms with E-state index in [9.17, 15) is 4.79 Å². The zero-order valence-electron chi connectivity index (χ0n) is 17.1. The molecule has 156 valence electrons. The molecule has 0 unspecified atom stereocenters. The quantitative estimate of drug-likeness (QED) is 0.312. The Kier molecular flexibility index (Phi) is 6.05. The number of nitrogens with zero attached hydrogens (tertiary/aromatic N) is 3. The molecular weight excluding hydrogens is 390 g/mol. The molecule has 0 saturated carbocycles. The molecule has 0 aliphatic rings. The van der Waals surface area contributed by atoms with E-state index < -0.39 is 5.91 Å². The van der Waals surface area contributed by atoms with Crippen molar-refractivity contribution in [1.29, 1.82) is 0 Å². The maximum atomic E-state index is 11.5. The van der Waals surface area contributed by atoms with E-state index in [1.54, 1.807) is 29.7 Å². The van der Waals surface area contributed by atoms with Gasteiger partial charge in [0.25, 0.3) is 5.91 Å². The van der Waals surface area contributed by atoms with Gasteiger partial charge in [-0.1, -0.05) is 49.4 Å². The molecule has 4 aromatic rings. The summed E-state index contributed by atoms with van der Waals surface area (Å²) < 4.78 is 1.85. The molecule has 7 heteroatoms. The van der Waals surface area contributed by atoms with Crippen molar-refractivity contribution in [3.63, 3.8) is 0 Å². The van der Waals surface area contributed by atoms with Crippen molar-refractivity contribution in [2.24, 2.45) is 0 Å². The summed E-state index contributed by atoms with van der Waals surface area (Å²) in [6.45, 7) is 2.57. The first-order valence-electron chi connectivity index (χ1n) is 10.1. The molecule has 0 spiro atoms. The molecule has 0 bridgehead atoms. The molecule has 1 heterocycles. The molecule has 0 atom stereocenters. The number of hydroxylamine groups is 1. The van der Waals surface area contributed by atoms with E-state index in [1.807, 2.05) is 47.1 Å². The van der Waals surface area contributed by atoms with Gasteiger partial charge in [-0.05, 0) is 48.4 Å². The lowest BCUT2D eigenvalue weighted by molar-refractivity contribution is 0.0706. The number of hydrogen-bond donors (Lipinski definition) is 3. The molecule has 31 heavy (non-hydrogen) atoms. The van der Waals surface area contributed by atoms with Crippen LogP contribution in [0.4, 0.5) is 5.69 Å². The van der Waals surface area contributed by atoms with Crippen molar-refractivity contribution in [3.8, 4) is 17.1 Å². The molecule has 3 aromatic carbocycles. The third-order valence-corrected chi connectivity index (χ3v) is 4.99. The van der Waals surface area contributed by atoms with Crippen molar-refractivity contribution >= 4 is 11.6 Å². The normalized spacial score (nSPS) is 10.6. The monoisotopic (exact) mass is 413 g/mol. The van der Waals surface area contributed by atoms with Gasteiger partial charge in [0.05, 0.1) is 12.2 Å². The van der Waals surface area contributed by atoms with Gasteiger partial charge < -0.3 is 5.32 Å². The number of benzene rings is 3. The molecule has 3 N–H and O–H groups in total. The predicted molar refractivity (Wildman–Crippen MR) is 119 cm³/mol. The number of hydrogen-bond acceptors (Lipinski definition) is 5. The molecule has 7 nitrogen and oxygen atoms in total. The zero-order valence-corrected chi connectivity index (χ0v) is 17.1. The van der Waals surface area contributed by atoms with Crippen molar-refractivity contribution in [1.82, 2.24) is 20.2 Å². The fourth-order valence-corrected chi connectivity index (χ4v) is 3.23. The van der Waals surface area contributed by atoms with Crippen LogP contribution in [0.15, 0.2) is 78.9 Å². The maximum absolute atomic E-state index is 11.5. The lowest BCUT2D eigenvalue weighted by atomic mass is 10.1. The third kappa shape index (κ3) is 4.62. The summed E-state index contributed by atoms with van der Waals surface area (Å²) in [6, 6.07) is 25.0. The minimum Gasteiger partial charge on any atom is -0.378 e. The zero-order chi connectivity index (χ0) is 21.6. The van der Waals surface area contributed by atoms with E-state index in [0.717, 1.165) is 29.2 Å². The van der Waals surface area contributed by atoms with Gasteiger partial charge in [0, 0.05) is 16.8 Å². The van der Waals surface area contributed by atoms with E-state index in [0.29, 0.717) is 17.9 Å². The Morgan fingerprint density at radius 1 is 0.968 bits per heavy atom. The van der Waals surface area contributed by atoms with Crippen LogP contribution >= 0.6 is 0 Å². The Labute approximate surface area is 180 Å².